The minimum atomic E-state index is -0.0223. The van der Waals surface area contributed by atoms with E-state index in [1.807, 2.05) is 27.0 Å². The molecule has 0 aliphatic rings. The Hall–Kier alpha value is -0.580. The predicted octanol–water partition coefficient (Wildman–Crippen LogP) is 2.83. The first-order valence-electron chi connectivity index (χ1n) is 5.25. The van der Waals surface area contributed by atoms with Gasteiger partial charge in [-0.2, -0.15) is 0 Å². The van der Waals surface area contributed by atoms with Gasteiger partial charge in [0, 0.05) is 6.54 Å². The first-order chi connectivity index (χ1) is 7.54. The van der Waals surface area contributed by atoms with Gasteiger partial charge in [-0.15, -0.1) is 11.3 Å². The quantitative estimate of drug-likeness (QED) is 0.855. The number of halogens is 1. The molecule has 1 aromatic rings. The van der Waals surface area contributed by atoms with Crippen molar-refractivity contribution in [3.63, 3.8) is 0 Å². The van der Waals surface area contributed by atoms with E-state index in [2.05, 4.69) is 10.6 Å². The van der Waals surface area contributed by atoms with E-state index in [9.17, 15) is 4.79 Å². The summed E-state index contributed by atoms with van der Waals surface area (Å²) in [4.78, 5) is 12.0. The number of thiophene rings is 1. The van der Waals surface area contributed by atoms with Crippen LogP contribution in [-0.4, -0.2) is 19.5 Å². The second-order valence-electron chi connectivity index (χ2n) is 4.00. The van der Waals surface area contributed by atoms with Crippen molar-refractivity contribution >= 4 is 33.8 Å². The third-order valence-electron chi connectivity index (χ3n) is 2.39. The Balaban J connectivity index is 2.61. The molecule has 0 spiro atoms. The average molecular weight is 261 g/mol. The topological polar surface area (TPSA) is 41.1 Å². The van der Waals surface area contributed by atoms with Gasteiger partial charge in [-0.1, -0.05) is 25.4 Å². The number of hydrogen-bond acceptors (Lipinski definition) is 3. The van der Waals surface area contributed by atoms with Crippen molar-refractivity contribution in [3.8, 4) is 0 Å². The molecule has 0 radical (unpaired) electrons. The number of amides is 1. The van der Waals surface area contributed by atoms with Crippen LogP contribution in [0.3, 0.4) is 0 Å². The lowest BCUT2D eigenvalue weighted by molar-refractivity contribution is -0.120. The normalized spacial score (nSPS) is 12.8. The van der Waals surface area contributed by atoms with Crippen molar-refractivity contribution < 1.29 is 4.79 Å². The Morgan fingerprint density at radius 1 is 1.50 bits per heavy atom. The van der Waals surface area contributed by atoms with Gasteiger partial charge in [0.15, 0.2) is 0 Å². The molecule has 90 valence electrons. The number of hydrogen-bond donors (Lipinski definition) is 2. The number of carbonyl (C=O) groups excluding carboxylic acids is 1. The van der Waals surface area contributed by atoms with Gasteiger partial charge in [0.1, 0.15) is 0 Å². The highest BCUT2D eigenvalue weighted by Gasteiger charge is 2.21. The van der Waals surface area contributed by atoms with E-state index >= 15 is 0 Å². The fraction of sp³-hybridized carbons (Fsp3) is 0.545. The highest BCUT2D eigenvalue weighted by atomic mass is 35.5. The highest BCUT2D eigenvalue weighted by molar-refractivity contribution is 7.20. The van der Waals surface area contributed by atoms with Crippen molar-refractivity contribution in [2.45, 2.75) is 13.8 Å². The monoisotopic (exact) mass is 260 g/mol. The number of nitrogens with one attached hydrogen (secondary N) is 2. The fourth-order valence-corrected chi connectivity index (χ4v) is 2.39. The second kappa shape index (κ2) is 6.23. The largest absolute Gasteiger partial charge is 0.319 e. The molecular weight excluding hydrogens is 244 g/mol. The van der Waals surface area contributed by atoms with Crippen LogP contribution in [0, 0.1) is 11.8 Å². The van der Waals surface area contributed by atoms with Crippen molar-refractivity contribution in [1.29, 1.82) is 0 Å². The molecule has 0 bridgehead atoms. The number of carbonyl (C=O) groups is 1. The Morgan fingerprint density at radius 2 is 2.19 bits per heavy atom. The van der Waals surface area contributed by atoms with E-state index in [1.165, 1.54) is 11.3 Å². The summed E-state index contributed by atoms with van der Waals surface area (Å²) in [5.74, 6) is 0.330. The van der Waals surface area contributed by atoms with Crippen LogP contribution in [0.15, 0.2) is 12.1 Å². The highest BCUT2D eigenvalue weighted by Crippen LogP contribution is 2.26. The lowest BCUT2D eigenvalue weighted by Gasteiger charge is -2.19. The van der Waals surface area contributed by atoms with Crippen molar-refractivity contribution in [3.05, 3.63) is 16.5 Å². The molecule has 16 heavy (non-hydrogen) atoms. The molecule has 1 aromatic heterocycles. The van der Waals surface area contributed by atoms with Crippen molar-refractivity contribution in [1.82, 2.24) is 5.32 Å². The second-order valence-corrected chi connectivity index (χ2v) is 5.72. The van der Waals surface area contributed by atoms with Crippen molar-refractivity contribution in [2.24, 2.45) is 11.8 Å². The molecule has 0 aliphatic heterocycles. The maximum atomic E-state index is 12.0. The van der Waals surface area contributed by atoms with Gasteiger partial charge in [-0.3, -0.25) is 4.79 Å². The van der Waals surface area contributed by atoms with Gasteiger partial charge < -0.3 is 10.6 Å². The lowest BCUT2D eigenvalue weighted by Crippen LogP contribution is -2.34. The summed E-state index contributed by atoms with van der Waals surface area (Å²) in [5, 5.41) is 6.72. The van der Waals surface area contributed by atoms with Crippen molar-refractivity contribution in [2.75, 3.05) is 18.9 Å². The predicted molar refractivity (Wildman–Crippen MR) is 70.2 cm³/mol. The molecule has 0 saturated carbocycles. The average Bonchev–Trinajstić information content (AvgIpc) is 2.59. The molecule has 0 aliphatic carbocycles. The molecule has 1 amide bonds. The number of anilines is 1. The summed E-state index contributed by atoms with van der Waals surface area (Å²) in [5.41, 5.74) is 0. The Morgan fingerprint density at radius 3 is 2.62 bits per heavy atom. The minimum Gasteiger partial charge on any atom is -0.319 e. The van der Waals surface area contributed by atoms with Gasteiger partial charge in [-0.25, -0.2) is 0 Å². The summed E-state index contributed by atoms with van der Waals surface area (Å²) in [6, 6.07) is 3.60. The summed E-state index contributed by atoms with van der Waals surface area (Å²) in [6.07, 6.45) is 0. The van der Waals surface area contributed by atoms with Crippen LogP contribution in [0.1, 0.15) is 13.8 Å². The van der Waals surface area contributed by atoms with Crippen LogP contribution in [0.25, 0.3) is 0 Å². The maximum Gasteiger partial charge on any atom is 0.229 e. The molecule has 1 atom stereocenters. The minimum absolute atomic E-state index is 0.0223. The van der Waals surface area contributed by atoms with Crippen LogP contribution in [0.5, 0.6) is 0 Å². The van der Waals surface area contributed by atoms with Gasteiger partial charge >= 0.3 is 0 Å². The Kier molecular flexibility index (Phi) is 5.25. The third-order valence-corrected chi connectivity index (χ3v) is 3.53. The molecule has 5 heteroatoms. The SMILES string of the molecule is CNCC(C(=O)Nc1ccc(Cl)s1)C(C)C. The summed E-state index contributed by atoms with van der Waals surface area (Å²) in [7, 11) is 1.85. The third kappa shape index (κ3) is 3.77. The van der Waals surface area contributed by atoms with E-state index in [4.69, 9.17) is 11.6 Å². The zero-order valence-electron chi connectivity index (χ0n) is 9.71. The van der Waals surface area contributed by atoms with Crippen LogP contribution >= 0.6 is 22.9 Å². The van der Waals surface area contributed by atoms with Gasteiger partial charge in [0.25, 0.3) is 0 Å². The van der Waals surface area contributed by atoms with Gasteiger partial charge in [-0.05, 0) is 25.1 Å². The number of rotatable bonds is 5. The smallest absolute Gasteiger partial charge is 0.229 e. The van der Waals surface area contributed by atoms with E-state index in [0.717, 1.165) is 5.00 Å². The van der Waals surface area contributed by atoms with Crippen LogP contribution < -0.4 is 10.6 Å². The summed E-state index contributed by atoms with van der Waals surface area (Å²) in [6.45, 7) is 4.77. The summed E-state index contributed by atoms with van der Waals surface area (Å²) >= 11 is 7.18. The molecule has 1 rings (SSSR count). The maximum absolute atomic E-state index is 12.0. The van der Waals surface area contributed by atoms with E-state index in [-0.39, 0.29) is 11.8 Å². The van der Waals surface area contributed by atoms with Gasteiger partial charge in [0.2, 0.25) is 5.91 Å². The molecule has 0 saturated heterocycles. The lowest BCUT2D eigenvalue weighted by atomic mass is 9.95. The van der Waals surface area contributed by atoms with E-state index in [1.54, 1.807) is 6.07 Å². The standard InChI is InChI=1S/C11H17ClN2OS/c1-7(2)8(6-13-3)11(15)14-10-5-4-9(12)16-10/h4-5,7-8,13H,6H2,1-3H3,(H,14,15). The first kappa shape index (κ1) is 13.5. The van der Waals surface area contributed by atoms with E-state index in [0.29, 0.717) is 16.8 Å². The summed E-state index contributed by atoms with van der Waals surface area (Å²) < 4.78 is 0.685. The Labute approximate surface area is 105 Å². The van der Waals surface area contributed by atoms with Gasteiger partial charge in [0.05, 0.1) is 15.3 Å². The molecule has 1 unspecified atom stereocenters. The molecule has 3 nitrogen and oxygen atoms in total. The van der Waals surface area contributed by atoms with Crippen LogP contribution in [-0.2, 0) is 4.79 Å². The molecular formula is C11H17ClN2OS. The Bertz CT molecular complexity index is 352. The fourth-order valence-electron chi connectivity index (χ4n) is 1.45. The molecule has 1 heterocycles. The van der Waals surface area contributed by atoms with Crippen LogP contribution in [0.2, 0.25) is 4.34 Å². The zero-order valence-corrected chi connectivity index (χ0v) is 11.3. The van der Waals surface area contributed by atoms with E-state index < -0.39 is 0 Å². The zero-order chi connectivity index (χ0) is 12.1. The molecule has 2 N–H and O–H groups in total. The molecule has 0 aromatic carbocycles. The molecule has 0 fully saturated rings. The first-order valence-corrected chi connectivity index (χ1v) is 6.45. The van der Waals surface area contributed by atoms with Crippen LogP contribution in [0.4, 0.5) is 5.00 Å².